The lowest BCUT2D eigenvalue weighted by Gasteiger charge is -2.37. The molecule has 0 spiro atoms. The summed E-state index contributed by atoms with van der Waals surface area (Å²) in [6, 6.07) is 0. The Kier molecular flexibility index (Phi) is 2.94. The number of hydrogen-bond acceptors (Lipinski definition) is 0. The Morgan fingerprint density at radius 1 is 0.800 bits per heavy atom. The van der Waals surface area contributed by atoms with Crippen LogP contribution in [0.4, 0.5) is 0 Å². The van der Waals surface area contributed by atoms with Crippen LogP contribution < -0.4 is 0 Å². The summed E-state index contributed by atoms with van der Waals surface area (Å²) in [5.41, 5.74) is 1.28. The minimum atomic E-state index is 0.356. The molecule has 0 bridgehead atoms. The van der Waals surface area contributed by atoms with Crippen molar-refractivity contribution in [2.75, 3.05) is 0 Å². The second kappa shape index (κ2) is 2.81. The zero-order chi connectivity index (χ0) is 8.58. The van der Waals surface area contributed by atoms with Gasteiger partial charge in [-0.3, -0.25) is 0 Å². The van der Waals surface area contributed by atoms with E-state index in [0.29, 0.717) is 16.5 Å². The van der Waals surface area contributed by atoms with E-state index in [1.54, 1.807) is 0 Å². The van der Waals surface area contributed by atoms with Crippen molar-refractivity contribution in [1.29, 1.82) is 0 Å². The first-order valence-corrected chi connectivity index (χ1v) is 4.44. The third-order valence-corrected chi connectivity index (χ3v) is 3.46. The molecule has 0 fully saturated rings. The number of rotatable bonds is 0. The average Bonchev–Trinajstić information content (AvgIpc) is 1.59. The summed E-state index contributed by atoms with van der Waals surface area (Å²) in [5, 5.41) is 0. The lowest BCUT2D eigenvalue weighted by atomic mass is 9.77. The van der Waals surface area contributed by atoms with E-state index in [0.717, 1.165) is 0 Å². The van der Waals surface area contributed by atoms with E-state index in [1.807, 2.05) is 0 Å². The Hall–Kier alpha value is 0.430. The summed E-state index contributed by atoms with van der Waals surface area (Å²) in [6.07, 6.45) is 0. The highest BCUT2D eigenvalue weighted by molar-refractivity contribution is 7.17. The molecule has 0 unspecified atom stereocenters. The first-order valence-electron chi connectivity index (χ1n) is 3.87. The van der Waals surface area contributed by atoms with Crippen LogP contribution in [0, 0.1) is 10.8 Å². The first-order chi connectivity index (χ1) is 4.15. The van der Waals surface area contributed by atoms with Crippen LogP contribution in [0.2, 0.25) is 0 Å². The minimum Gasteiger partial charge on any atom is -0.0947 e. The fourth-order valence-corrected chi connectivity index (χ4v) is 1.30. The maximum absolute atomic E-state index is 3.77. The van der Waals surface area contributed by atoms with Gasteiger partial charge in [0.25, 0.3) is 0 Å². The van der Waals surface area contributed by atoms with Gasteiger partial charge in [-0.05, 0) is 16.5 Å². The third kappa shape index (κ3) is 3.01. The average molecular weight is 159 g/mol. The number of hydrogen-bond donors (Lipinski definition) is 0. The van der Waals surface area contributed by atoms with Crippen molar-refractivity contribution in [3.8, 4) is 0 Å². The molecule has 1 heteroatoms. The predicted octanol–water partition coefficient (Wildman–Crippen LogP) is 3.59. The van der Waals surface area contributed by atoms with Crippen molar-refractivity contribution in [3.63, 3.8) is 0 Å². The Morgan fingerprint density at radius 3 is 1.00 bits per heavy atom. The second-order valence-electron chi connectivity index (χ2n) is 5.17. The van der Waals surface area contributed by atoms with Gasteiger partial charge in [0.2, 0.25) is 0 Å². The highest BCUT2D eigenvalue weighted by atomic mass is 31.0. The second-order valence-corrected chi connectivity index (χ2v) is 5.74. The van der Waals surface area contributed by atoms with Crippen molar-refractivity contribution in [1.82, 2.24) is 0 Å². The Bertz CT molecular complexity index is 88.9. The Balaban J connectivity index is 4.23. The molecule has 0 aliphatic heterocycles. The monoisotopic (exact) mass is 159 g/mol. The van der Waals surface area contributed by atoms with Crippen LogP contribution >= 0.6 is 9.24 Å². The van der Waals surface area contributed by atoms with Crippen LogP contribution in [-0.2, 0) is 0 Å². The molecule has 0 aromatic rings. The quantitative estimate of drug-likeness (QED) is 0.474. The molecule has 1 radical (unpaired) electrons. The highest BCUT2D eigenvalue weighted by Gasteiger charge is 2.30. The van der Waals surface area contributed by atoms with Crippen molar-refractivity contribution in [2.45, 2.75) is 47.2 Å². The molecule has 10 heavy (non-hydrogen) atoms. The molecule has 0 nitrogen and oxygen atoms in total. The largest absolute Gasteiger partial charge is 0.0947 e. The van der Waals surface area contributed by atoms with E-state index in [4.69, 9.17) is 0 Å². The maximum atomic E-state index is 3.77. The molecular weight excluding hydrogens is 139 g/mol. The van der Waals surface area contributed by atoms with E-state index in [9.17, 15) is 0 Å². The summed E-state index contributed by atoms with van der Waals surface area (Å²) < 4.78 is 0. The maximum Gasteiger partial charge on any atom is -0.0103 e. The molecule has 0 saturated carbocycles. The molecule has 0 aromatic heterocycles. The normalized spacial score (nSPS) is 14.4. The van der Waals surface area contributed by atoms with Gasteiger partial charge in [0.15, 0.2) is 0 Å². The third-order valence-electron chi connectivity index (χ3n) is 1.73. The van der Waals surface area contributed by atoms with Crippen LogP contribution in [0.25, 0.3) is 0 Å². The summed E-state index contributed by atoms with van der Waals surface area (Å²) in [6.45, 7) is 13.6. The minimum absolute atomic E-state index is 0.356. The van der Waals surface area contributed by atoms with Gasteiger partial charge in [0.05, 0.1) is 0 Å². The van der Waals surface area contributed by atoms with E-state index < -0.39 is 0 Å². The molecule has 0 amide bonds. The standard InChI is InChI=1S/C9H20P/c1-8(2,3)7(10)9(4,5)6/h7,10H,1-6H3. The molecule has 0 rings (SSSR count). The van der Waals surface area contributed by atoms with E-state index in [2.05, 4.69) is 50.8 Å². The molecule has 0 aliphatic rings. The summed E-state index contributed by atoms with van der Waals surface area (Å²) in [7, 11) is 3.77. The molecule has 0 atom stereocenters. The van der Waals surface area contributed by atoms with Gasteiger partial charge in [0.1, 0.15) is 0 Å². The van der Waals surface area contributed by atoms with Crippen LogP contribution in [0.1, 0.15) is 41.5 Å². The van der Waals surface area contributed by atoms with Crippen LogP contribution in [-0.4, -0.2) is 5.66 Å². The molecule has 0 aliphatic carbocycles. The van der Waals surface area contributed by atoms with E-state index in [1.165, 1.54) is 0 Å². The smallest absolute Gasteiger partial charge is 0.0103 e. The van der Waals surface area contributed by atoms with Crippen molar-refractivity contribution in [2.24, 2.45) is 10.8 Å². The van der Waals surface area contributed by atoms with Crippen molar-refractivity contribution in [3.05, 3.63) is 0 Å². The van der Waals surface area contributed by atoms with Gasteiger partial charge < -0.3 is 0 Å². The van der Waals surface area contributed by atoms with Gasteiger partial charge in [0, 0.05) is 0 Å². The summed E-state index contributed by atoms with van der Waals surface area (Å²) >= 11 is 0. The van der Waals surface area contributed by atoms with E-state index in [-0.39, 0.29) is 0 Å². The molecule has 0 heterocycles. The fourth-order valence-electron chi connectivity index (χ4n) is 1.30. The molecule has 61 valence electrons. The van der Waals surface area contributed by atoms with Gasteiger partial charge in [-0.25, -0.2) is 0 Å². The van der Waals surface area contributed by atoms with Gasteiger partial charge in [-0.15, -0.1) is 0 Å². The van der Waals surface area contributed by atoms with Gasteiger partial charge >= 0.3 is 0 Å². The zero-order valence-electron chi connectivity index (χ0n) is 8.08. The van der Waals surface area contributed by atoms with Gasteiger partial charge in [-0.1, -0.05) is 50.8 Å². The van der Waals surface area contributed by atoms with Crippen LogP contribution in [0.5, 0.6) is 0 Å². The topological polar surface area (TPSA) is 0 Å². The Labute approximate surface area is 68.0 Å². The van der Waals surface area contributed by atoms with Crippen LogP contribution in [0.3, 0.4) is 0 Å². The Morgan fingerprint density at radius 2 is 1.00 bits per heavy atom. The lowest BCUT2D eigenvalue weighted by Crippen LogP contribution is -2.32. The van der Waals surface area contributed by atoms with Crippen molar-refractivity contribution < 1.29 is 0 Å². The fraction of sp³-hybridized carbons (Fsp3) is 1.00. The van der Waals surface area contributed by atoms with Gasteiger partial charge in [-0.2, -0.15) is 0 Å². The summed E-state index contributed by atoms with van der Waals surface area (Å²) in [5.74, 6) is 0. The molecule has 0 N–H and O–H groups in total. The molecule has 0 saturated heterocycles. The molecule has 0 aromatic carbocycles. The lowest BCUT2D eigenvalue weighted by molar-refractivity contribution is 0.248. The molecular formula is C9H20P. The van der Waals surface area contributed by atoms with Crippen LogP contribution in [0.15, 0.2) is 0 Å². The summed E-state index contributed by atoms with van der Waals surface area (Å²) in [4.78, 5) is 0. The predicted molar refractivity (Wildman–Crippen MR) is 51.0 cm³/mol. The SMILES string of the molecule is CC(C)(C)C([PH])C(C)(C)C. The van der Waals surface area contributed by atoms with Crippen molar-refractivity contribution >= 4 is 9.24 Å². The van der Waals surface area contributed by atoms with E-state index >= 15 is 0 Å². The zero-order valence-corrected chi connectivity index (χ0v) is 9.08. The highest BCUT2D eigenvalue weighted by Crippen LogP contribution is 2.39. The first kappa shape index (κ1) is 10.4.